The molecule has 0 aliphatic rings. The van der Waals surface area contributed by atoms with Crippen LogP contribution in [0.5, 0.6) is 0 Å². The van der Waals surface area contributed by atoms with Crippen LogP contribution in [0.4, 0.5) is 0 Å². The van der Waals surface area contributed by atoms with Crippen molar-refractivity contribution < 1.29 is 23.9 Å². The van der Waals surface area contributed by atoms with Gasteiger partial charge in [0.15, 0.2) is 6.61 Å². The molecule has 7 nitrogen and oxygen atoms in total. The first-order valence-electron chi connectivity index (χ1n) is 5.83. The van der Waals surface area contributed by atoms with E-state index in [4.69, 9.17) is 15.2 Å². The molecule has 0 heterocycles. The van der Waals surface area contributed by atoms with Gasteiger partial charge in [0, 0.05) is 7.11 Å². The van der Waals surface area contributed by atoms with Crippen molar-refractivity contribution in [3.63, 3.8) is 0 Å². The van der Waals surface area contributed by atoms with Crippen LogP contribution in [0, 0.1) is 0 Å². The fourth-order valence-electron chi connectivity index (χ4n) is 1.41. The molecule has 1 aromatic rings. The second-order valence-corrected chi connectivity index (χ2v) is 3.95. The number of nitrogens with one attached hydrogen (secondary N) is 1. The number of benzene rings is 1. The first-order chi connectivity index (χ1) is 9.52. The number of hydrogen-bond acceptors (Lipinski definition) is 5. The zero-order valence-electron chi connectivity index (χ0n) is 11.0. The molecule has 0 radical (unpaired) electrons. The van der Waals surface area contributed by atoms with Crippen LogP contribution in [0.25, 0.3) is 0 Å². The number of nitrogens with two attached hydrogens (primary N) is 1. The van der Waals surface area contributed by atoms with Crippen LogP contribution in [0.3, 0.4) is 0 Å². The van der Waals surface area contributed by atoms with Crippen molar-refractivity contribution in [1.82, 2.24) is 5.32 Å². The van der Waals surface area contributed by atoms with Gasteiger partial charge in [-0.2, -0.15) is 0 Å². The van der Waals surface area contributed by atoms with Crippen LogP contribution in [-0.4, -0.2) is 38.0 Å². The van der Waals surface area contributed by atoms with Gasteiger partial charge in [-0.1, -0.05) is 12.1 Å². The maximum atomic E-state index is 11.7. The Morgan fingerprint density at radius 1 is 1.30 bits per heavy atom. The summed E-state index contributed by atoms with van der Waals surface area (Å²) in [6, 6.07) is 6.69. The predicted molar refractivity (Wildman–Crippen MR) is 69.6 cm³/mol. The van der Waals surface area contributed by atoms with E-state index < -0.39 is 24.4 Å². The lowest BCUT2D eigenvalue weighted by Gasteiger charge is -2.06. The summed E-state index contributed by atoms with van der Waals surface area (Å²) in [5.74, 6) is -1.89. The number of amides is 2. The molecule has 0 saturated carbocycles. The highest BCUT2D eigenvalue weighted by Crippen LogP contribution is 2.07. The van der Waals surface area contributed by atoms with Crippen molar-refractivity contribution in [2.75, 3.05) is 20.3 Å². The normalized spacial score (nSPS) is 9.85. The van der Waals surface area contributed by atoms with Crippen LogP contribution in [0.2, 0.25) is 0 Å². The first-order valence-corrected chi connectivity index (χ1v) is 5.83. The van der Waals surface area contributed by atoms with Crippen LogP contribution in [0.1, 0.15) is 15.9 Å². The van der Waals surface area contributed by atoms with E-state index in [-0.39, 0.29) is 6.54 Å². The highest BCUT2D eigenvalue weighted by atomic mass is 16.5. The maximum absolute atomic E-state index is 11.7. The molecule has 0 aliphatic carbocycles. The molecule has 20 heavy (non-hydrogen) atoms. The summed E-state index contributed by atoms with van der Waals surface area (Å²) in [5, 5.41) is 2.21. The highest BCUT2D eigenvalue weighted by molar-refractivity contribution is 5.92. The van der Waals surface area contributed by atoms with E-state index in [0.29, 0.717) is 12.2 Å². The Balaban J connectivity index is 2.48. The molecular formula is C13H16N2O5. The monoisotopic (exact) mass is 280 g/mol. The SMILES string of the molecule is COCc1cccc(C(=O)OCC(=O)NCC(N)=O)c1. The van der Waals surface area contributed by atoms with Gasteiger partial charge < -0.3 is 20.5 Å². The Kier molecular flexibility index (Phi) is 6.18. The number of ether oxygens (including phenoxy) is 2. The fourth-order valence-corrected chi connectivity index (χ4v) is 1.41. The van der Waals surface area contributed by atoms with Gasteiger partial charge >= 0.3 is 5.97 Å². The molecular weight excluding hydrogens is 264 g/mol. The molecule has 0 atom stereocenters. The lowest BCUT2D eigenvalue weighted by atomic mass is 10.1. The number of primary amides is 1. The number of esters is 1. The predicted octanol–water partition coefficient (Wildman–Crippen LogP) is -0.409. The number of methoxy groups -OCH3 is 1. The highest BCUT2D eigenvalue weighted by Gasteiger charge is 2.11. The topological polar surface area (TPSA) is 108 Å². The van der Waals surface area contributed by atoms with E-state index in [1.54, 1.807) is 31.4 Å². The van der Waals surface area contributed by atoms with Crippen molar-refractivity contribution >= 4 is 17.8 Å². The minimum atomic E-state index is -0.669. The molecule has 3 N–H and O–H groups in total. The van der Waals surface area contributed by atoms with Gasteiger partial charge in [-0.3, -0.25) is 9.59 Å². The number of carbonyl (C=O) groups is 3. The third-order valence-corrected chi connectivity index (χ3v) is 2.27. The molecule has 7 heteroatoms. The molecule has 0 fully saturated rings. The number of rotatable bonds is 7. The van der Waals surface area contributed by atoms with Crippen molar-refractivity contribution in [1.29, 1.82) is 0 Å². The van der Waals surface area contributed by atoms with Crippen molar-refractivity contribution in [3.8, 4) is 0 Å². The molecule has 0 bridgehead atoms. The van der Waals surface area contributed by atoms with Crippen LogP contribution < -0.4 is 11.1 Å². The smallest absolute Gasteiger partial charge is 0.338 e. The van der Waals surface area contributed by atoms with Crippen molar-refractivity contribution in [2.45, 2.75) is 6.61 Å². The fraction of sp³-hybridized carbons (Fsp3) is 0.308. The van der Waals surface area contributed by atoms with Gasteiger partial charge in [-0.25, -0.2) is 4.79 Å². The minimum absolute atomic E-state index is 0.292. The Bertz CT molecular complexity index is 501. The van der Waals surface area contributed by atoms with E-state index >= 15 is 0 Å². The molecule has 1 aromatic carbocycles. The molecule has 0 saturated heterocycles. The van der Waals surface area contributed by atoms with E-state index in [1.807, 2.05) is 0 Å². The minimum Gasteiger partial charge on any atom is -0.452 e. The second-order valence-electron chi connectivity index (χ2n) is 3.95. The molecule has 0 unspecified atom stereocenters. The van der Waals surface area contributed by atoms with Crippen LogP contribution >= 0.6 is 0 Å². The van der Waals surface area contributed by atoms with E-state index in [2.05, 4.69) is 5.32 Å². The van der Waals surface area contributed by atoms with Gasteiger partial charge in [0.25, 0.3) is 5.91 Å². The standard InChI is InChI=1S/C13H16N2O5/c1-19-7-9-3-2-4-10(5-9)13(18)20-8-12(17)15-6-11(14)16/h2-5H,6-8H2,1H3,(H2,14,16)(H,15,17). The third-order valence-electron chi connectivity index (χ3n) is 2.27. The summed E-state index contributed by atoms with van der Waals surface area (Å²) in [5.41, 5.74) is 6.00. The largest absolute Gasteiger partial charge is 0.452 e. The van der Waals surface area contributed by atoms with E-state index in [0.717, 1.165) is 5.56 Å². The second kappa shape index (κ2) is 7.90. The summed E-state index contributed by atoms with van der Waals surface area (Å²) in [7, 11) is 1.55. The summed E-state index contributed by atoms with van der Waals surface area (Å²) < 4.78 is 9.77. The van der Waals surface area contributed by atoms with Gasteiger partial charge in [0.05, 0.1) is 18.7 Å². The zero-order valence-corrected chi connectivity index (χ0v) is 11.0. The van der Waals surface area contributed by atoms with Gasteiger partial charge in [0.2, 0.25) is 5.91 Å². The molecule has 0 aliphatic heterocycles. The Morgan fingerprint density at radius 3 is 2.70 bits per heavy atom. The average Bonchev–Trinajstić information content (AvgIpc) is 2.43. The van der Waals surface area contributed by atoms with Crippen molar-refractivity contribution in [3.05, 3.63) is 35.4 Å². The molecule has 0 spiro atoms. The van der Waals surface area contributed by atoms with E-state index in [1.165, 1.54) is 0 Å². The number of hydrogen-bond donors (Lipinski definition) is 2. The van der Waals surface area contributed by atoms with Gasteiger partial charge in [-0.15, -0.1) is 0 Å². The Morgan fingerprint density at radius 2 is 2.05 bits per heavy atom. The third kappa shape index (κ3) is 5.49. The first kappa shape index (κ1) is 15.6. The van der Waals surface area contributed by atoms with Gasteiger partial charge in [0.1, 0.15) is 0 Å². The lowest BCUT2D eigenvalue weighted by molar-refractivity contribution is -0.127. The average molecular weight is 280 g/mol. The van der Waals surface area contributed by atoms with Crippen molar-refractivity contribution in [2.24, 2.45) is 5.73 Å². The molecule has 1 rings (SSSR count). The van der Waals surface area contributed by atoms with Gasteiger partial charge in [-0.05, 0) is 17.7 Å². The van der Waals surface area contributed by atoms with E-state index in [9.17, 15) is 14.4 Å². The van der Waals surface area contributed by atoms with Crippen LogP contribution in [-0.2, 0) is 25.7 Å². The lowest BCUT2D eigenvalue weighted by Crippen LogP contribution is -2.35. The molecule has 0 aromatic heterocycles. The molecule has 2 amide bonds. The van der Waals surface area contributed by atoms with Crippen LogP contribution in [0.15, 0.2) is 24.3 Å². The Labute approximate surface area is 116 Å². The summed E-state index contributed by atoms with van der Waals surface area (Å²) in [6.45, 7) is -0.388. The summed E-state index contributed by atoms with van der Waals surface area (Å²) in [6.07, 6.45) is 0. The quantitative estimate of drug-likeness (QED) is 0.660. The molecule has 108 valence electrons. The summed E-state index contributed by atoms with van der Waals surface area (Å²) >= 11 is 0. The Hall–Kier alpha value is -2.41. The summed E-state index contributed by atoms with van der Waals surface area (Å²) in [4.78, 5) is 33.4. The maximum Gasteiger partial charge on any atom is 0.338 e. The zero-order chi connectivity index (χ0) is 15.0. The number of carbonyl (C=O) groups excluding carboxylic acids is 3.